The van der Waals surface area contributed by atoms with Crippen LogP contribution in [-0.4, -0.2) is 33.6 Å². The summed E-state index contributed by atoms with van der Waals surface area (Å²) in [7, 11) is 1.50. The number of carbonyl (C=O) groups is 2. The van der Waals surface area contributed by atoms with Crippen LogP contribution in [0.5, 0.6) is 0 Å². The number of benzene rings is 1. The van der Waals surface area contributed by atoms with E-state index < -0.39 is 5.91 Å². The second-order valence-electron chi connectivity index (χ2n) is 7.65. The third kappa shape index (κ3) is 5.06. The van der Waals surface area contributed by atoms with E-state index in [1.54, 1.807) is 19.2 Å². The first-order valence-corrected chi connectivity index (χ1v) is 11.0. The molecule has 0 unspecified atom stereocenters. The van der Waals surface area contributed by atoms with Crippen LogP contribution in [0.15, 0.2) is 30.5 Å². The maximum Gasteiger partial charge on any atom is 0.274 e. The van der Waals surface area contributed by atoms with Crippen LogP contribution < -0.4 is 10.6 Å². The van der Waals surface area contributed by atoms with E-state index in [4.69, 9.17) is 34.8 Å². The van der Waals surface area contributed by atoms with E-state index in [9.17, 15) is 9.59 Å². The van der Waals surface area contributed by atoms with Crippen molar-refractivity contribution >= 4 is 52.3 Å². The third-order valence-corrected chi connectivity index (χ3v) is 5.52. The van der Waals surface area contributed by atoms with Crippen molar-refractivity contribution in [2.45, 2.75) is 27.2 Å². The number of nitrogens with zero attached hydrogens (tertiary/aromatic N) is 3. The summed E-state index contributed by atoms with van der Waals surface area (Å²) >= 11 is 18.8. The molecule has 0 fully saturated rings. The van der Waals surface area contributed by atoms with Gasteiger partial charge in [0, 0.05) is 24.3 Å². The molecular weight excluding hydrogens is 473 g/mol. The van der Waals surface area contributed by atoms with E-state index >= 15 is 0 Å². The number of amides is 2. The number of hydrogen-bond donors (Lipinski definition) is 2. The SMILES string of the molecule is CNC(=O)c1cc(Cl)cc(C)c1NC(=O)c1cc(Cl)nn1-c1nccc(CC(C)C)c1Cl. The minimum Gasteiger partial charge on any atom is -0.355 e. The van der Waals surface area contributed by atoms with Gasteiger partial charge in [-0.05, 0) is 48.6 Å². The number of pyridine rings is 1. The molecule has 3 aromatic rings. The molecule has 0 saturated carbocycles. The lowest BCUT2D eigenvalue weighted by molar-refractivity contribution is 0.0964. The minimum atomic E-state index is -0.535. The number of halogens is 3. The Morgan fingerprint density at radius 1 is 1.12 bits per heavy atom. The summed E-state index contributed by atoms with van der Waals surface area (Å²) < 4.78 is 1.30. The molecule has 10 heteroatoms. The number of aromatic nitrogens is 3. The van der Waals surface area contributed by atoms with Crippen LogP contribution in [0.4, 0.5) is 5.69 Å². The van der Waals surface area contributed by atoms with E-state index in [0.717, 1.165) is 12.0 Å². The molecule has 0 spiro atoms. The molecule has 3 rings (SSSR count). The Labute approximate surface area is 201 Å². The standard InChI is InChI=1S/C22H22Cl3N5O2/c1-11(2)7-13-5-6-27-20(18(13)25)30-16(10-17(24)29-30)22(32)28-19-12(3)8-14(23)9-15(19)21(31)26-4/h5-6,8-11H,7H2,1-4H3,(H,26,31)(H,28,32). The number of rotatable bonds is 6. The third-order valence-electron chi connectivity index (χ3n) is 4.70. The lowest BCUT2D eigenvalue weighted by Crippen LogP contribution is -2.23. The highest BCUT2D eigenvalue weighted by Crippen LogP contribution is 2.29. The molecule has 168 valence electrons. The van der Waals surface area contributed by atoms with Crippen molar-refractivity contribution in [3.63, 3.8) is 0 Å². The molecule has 7 nitrogen and oxygen atoms in total. The van der Waals surface area contributed by atoms with Gasteiger partial charge in [0.25, 0.3) is 11.8 Å². The quantitative estimate of drug-likeness (QED) is 0.484. The highest BCUT2D eigenvalue weighted by atomic mass is 35.5. The average molecular weight is 495 g/mol. The molecule has 0 bridgehead atoms. The normalized spacial score (nSPS) is 11.0. The maximum atomic E-state index is 13.2. The highest BCUT2D eigenvalue weighted by molar-refractivity contribution is 6.33. The van der Waals surface area contributed by atoms with Gasteiger partial charge in [-0.3, -0.25) is 9.59 Å². The van der Waals surface area contributed by atoms with Gasteiger partial charge in [0.05, 0.1) is 16.3 Å². The zero-order chi connectivity index (χ0) is 23.6. The van der Waals surface area contributed by atoms with Crippen LogP contribution >= 0.6 is 34.8 Å². The molecule has 0 aliphatic carbocycles. The molecule has 0 aliphatic heterocycles. The smallest absolute Gasteiger partial charge is 0.274 e. The van der Waals surface area contributed by atoms with Gasteiger partial charge in [-0.1, -0.05) is 48.7 Å². The molecule has 32 heavy (non-hydrogen) atoms. The van der Waals surface area contributed by atoms with Crippen LogP contribution in [-0.2, 0) is 6.42 Å². The molecular formula is C22H22Cl3N5O2. The van der Waals surface area contributed by atoms with Gasteiger partial charge in [-0.15, -0.1) is 0 Å². The van der Waals surface area contributed by atoms with Gasteiger partial charge in [0.15, 0.2) is 11.0 Å². The van der Waals surface area contributed by atoms with Gasteiger partial charge in [-0.2, -0.15) is 5.10 Å². The maximum absolute atomic E-state index is 13.2. The van der Waals surface area contributed by atoms with E-state index in [-0.39, 0.29) is 22.3 Å². The molecule has 0 saturated heterocycles. The summed E-state index contributed by atoms with van der Waals surface area (Å²) in [5.74, 6) is -0.250. The summed E-state index contributed by atoms with van der Waals surface area (Å²) in [4.78, 5) is 29.9. The molecule has 0 aliphatic rings. The lowest BCUT2D eigenvalue weighted by atomic mass is 10.0. The van der Waals surface area contributed by atoms with E-state index in [2.05, 4.69) is 34.6 Å². The predicted molar refractivity (Wildman–Crippen MR) is 127 cm³/mol. The number of hydrogen-bond acceptors (Lipinski definition) is 4. The van der Waals surface area contributed by atoms with Crippen molar-refractivity contribution in [2.24, 2.45) is 5.92 Å². The van der Waals surface area contributed by atoms with Crippen molar-refractivity contribution in [2.75, 3.05) is 12.4 Å². The number of aryl methyl sites for hydroxylation is 1. The summed E-state index contributed by atoms with van der Waals surface area (Å²) in [5.41, 5.74) is 2.19. The monoisotopic (exact) mass is 493 g/mol. The topological polar surface area (TPSA) is 88.9 Å². The lowest BCUT2D eigenvalue weighted by Gasteiger charge is -2.15. The molecule has 2 aromatic heterocycles. The number of carbonyl (C=O) groups excluding carboxylic acids is 2. The van der Waals surface area contributed by atoms with E-state index in [0.29, 0.717) is 33.0 Å². The zero-order valence-electron chi connectivity index (χ0n) is 18.0. The Balaban J connectivity index is 2.05. The summed E-state index contributed by atoms with van der Waals surface area (Å²) in [6, 6.07) is 6.39. The largest absolute Gasteiger partial charge is 0.355 e. The van der Waals surface area contributed by atoms with Gasteiger partial charge in [0.1, 0.15) is 5.69 Å². The van der Waals surface area contributed by atoms with Gasteiger partial charge in [0.2, 0.25) is 0 Å². The van der Waals surface area contributed by atoms with Crippen molar-refractivity contribution in [1.29, 1.82) is 0 Å². The highest BCUT2D eigenvalue weighted by Gasteiger charge is 2.23. The molecule has 2 N–H and O–H groups in total. The predicted octanol–water partition coefficient (Wildman–Crippen LogP) is 5.35. The Kier molecular flexibility index (Phi) is 7.44. The average Bonchev–Trinajstić information content (AvgIpc) is 3.11. The Morgan fingerprint density at radius 3 is 2.50 bits per heavy atom. The molecule has 2 heterocycles. The van der Waals surface area contributed by atoms with Gasteiger partial charge < -0.3 is 10.6 Å². The van der Waals surface area contributed by atoms with Gasteiger partial charge >= 0.3 is 0 Å². The van der Waals surface area contributed by atoms with Crippen LogP contribution in [0, 0.1) is 12.8 Å². The second-order valence-corrected chi connectivity index (χ2v) is 8.85. The fourth-order valence-electron chi connectivity index (χ4n) is 3.29. The minimum absolute atomic E-state index is 0.0987. The van der Waals surface area contributed by atoms with Crippen LogP contribution in [0.2, 0.25) is 15.2 Å². The van der Waals surface area contributed by atoms with E-state index in [1.165, 1.54) is 23.9 Å². The van der Waals surface area contributed by atoms with E-state index in [1.807, 2.05) is 6.07 Å². The van der Waals surface area contributed by atoms with Crippen molar-refractivity contribution < 1.29 is 9.59 Å². The van der Waals surface area contributed by atoms with Gasteiger partial charge in [-0.25, -0.2) is 9.67 Å². The summed E-state index contributed by atoms with van der Waals surface area (Å²) in [5, 5.41) is 10.4. The molecule has 0 radical (unpaired) electrons. The molecule has 2 amide bonds. The van der Waals surface area contributed by atoms with Crippen molar-refractivity contribution in [3.8, 4) is 5.82 Å². The van der Waals surface area contributed by atoms with Crippen molar-refractivity contribution in [1.82, 2.24) is 20.1 Å². The number of nitrogens with one attached hydrogen (secondary N) is 2. The summed E-state index contributed by atoms with van der Waals surface area (Å²) in [6.07, 6.45) is 2.35. The number of anilines is 1. The summed E-state index contributed by atoms with van der Waals surface area (Å²) in [6.45, 7) is 5.91. The first-order chi connectivity index (χ1) is 15.1. The molecule has 0 atom stereocenters. The fraction of sp³-hybridized carbons (Fsp3) is 0.273. The Bertz CT molecular complexity index is 1190. The Hall–Kier alpha value is -2.61. The second kappa shape index (κ2) is 9.90. The Morgan fingerprint density at radius 2 is 1.84 bits per heavy atom. The first-order valence-electron chi connectivity index (χ1n) is 9.85. The first kappa shape index (κ1) is 24.0. The van der Waals surface area contributed by atoms with Crippen LogP contribution in [0.3, 0.4) is 0 Å². The van der Waals surface area contributed by atoms with Crippen molar-refractivity contribution in [3.05, 3.63) is 68.0 Å². The zero-order valence-corrected chi connectivity index (χ0v) is 20.2. The molecule has 1 aromatic carbocycles. The van der Waals surface area contributed by atoms with Crippen LogP contribution in [0.1, 0.15) is 45.8 Å². The van der Waals surface area contributed by atoms with Crippen LogP contribution in [0.25, 0.3) is 5.82 Å². The fourth-order valence-corrected chi connectivity index (χ4v) is 4.01.